The number of aryl methyl sites for hydroxylation is 1. The van der Waals surface area contributed by atoms with Crippen molar-refractivity contribution in [2.75, 3.05) is 19.6 Å². The molecule has 1 fully saturated rings. The van der Waals surface area contributed by atoms with E-state index in [1.54, 1.807) is 11.3 Å². The van der Waals surface area contributed by atoms with Gasteiger partial charge in [0.1, 0.15) is 11.8 Å². The molecule has 0 unspecified atom stereocenters. The number of amides is 2. The van der Waals surface area contributed by atoms with Crippen LogP contribution in [0.15, 0.2) is 76.4 Å². The smallest absolute Gasteiger partial charge is 0.257 e. The van der Waals surface area contributed by atoms with E-state index in [9.17, 15) is 9.59 Å². The maximum atomic E-state index is 13.9. The first-order valence-electron chi connectivity index (χ1n) is 13.2. The molecule has 6 rings (SSSR count). The Morgan fingerprint density at radius 2 is 1.70 bits per heavy atom. The predicted molar refractivity (Wildman–Crippen MR) is 141 cm³/mol. The Morgan fingerprint density at radius 3 is 2.43 bits per heavy atom. The Morgan fingerprint density at radius 1 is 0.946 bits per heavy atom. The monoisotopic (exact) mass is 496 g/mol. The SMILES string of the molecule is Cc1ccc(C2=NN(C(=O)CN3Cc4ccccc4C[C@H]3C(=O)N3CCCC3)[C@H](c3ccco3)C2)cc1. The lowest BCUT2D eigenvalue weighted by atomic mass is 9.93. The minimum Gasteiger partial charge on any atom is -0.467 e. The Kier molecular flexibility index (Phi) is 6.38. The highest BCUT2D eigenvalue weighted by Gasteiger charge is 2.39. The average molecular weight is 497 g/mol. The molecule has 0 saturated carbocycles. The fourth-order valence-electron chi connectivity index (χ4n) is 5.74. The summed E-state index contributed by atoms with van der Waals surface area (Å²) in [5.41, 5.74) is 5.42. The largest absolute Gasteiger partial charge is 0.467 e. The molecule has 0 spiro atoms. The van der Waals surface area contributed by atoms with Crippen LogP contribution in [0.5, 0.6) is 0 Å². The third kappa shape index (κ3) is 4.71. The first kappa shape index (κ1) is 23.7. The van der Waals surface area contributed by atoms with E-state index in [1.165, 1.54) is 16.7 Å². The van der Waals surface area contributed by atoms with E-state index < -0.39 is 0 Å². The summed E-state index contributed by atoms with van der Waals surface area (Å²) in [5.74, 6) is 0.725. The molecule has 0 bridgehead atoms. The van der Waals surface area contributed by atoms with E-state index in [4.69, 9.17) is 9.52 Å². The predicted octanol–water partition coefficient (Wildman–Crippen LogP) is 4.32. The van der Waals surface area contributed by atoms with Gasteiger partial charge in [0.05, 0.1) is 24.6 Å². The summed E-state index contributed by atoms with van der Waals surface area (Å²) in [4.78, 5) is 31.4. The van der Waals surface area contributed by atoms with Crippen molar-refractivity contribution in [2.24, 2.45) is 5.10 Å². The second-order valence-electron chi connectivity index (χ2n) is 10.3. The van der Waals surface area contributed by atoms with Crippen molar-refractivity contribution < 1.29 is 14.0 Å². The van der Waals surface area contributed by atoms with Gasteiger partial charge in [0.2, 0.25) is 5.91 Å². The van der Waals surface area contributed by atoms with Crippen LogP contribution in [0.1, 0.15) is 53.3 Å². The number of benzene rings is 2. The van der Waals surface area contributed by atoms with Gasteiger partial charge in [-0.25, -0.2) is 5.01 Å². The van der Waals surface area contributed by atoms with E-state index in [0.29, 0.717) is 25.1 Å². The first-order chi connectivity index (χ1) is 18.1. The van der Waals surface area contributed by atoms with E-state index >= 15 is 0 Å². The van der Waals surface area contributed by atoms with Crippen LogP contribution in [0.25, 0.3) is 0 Å². The molecular formula is C30H32N4O3. The molecule has 2 aromatic carbocycles. The van der Waals surface area contributed by atoms with Crippen molar-refractivity contribution in [1.29, 1.82) is 0 Å². The van der Waals surface area contributed by atoms with Crippen LogP contribution in [0, 0.1) is 6.92 Å². The number of carbonyl (C=O) groups is 2. The van der Waals surface area contributed by atoms with Crippen LogP contribution in [-0.2, 0) is 22.6 Å². The highest BCUT2D eigenvalue weighted by Crippen LogP contribution is 2.34. The average Bonchev–Trinajstić information content (AvgIpc) is 3.70. The number of nitrogens with zero attached hydrogens (tertiary/aromatic N) is 4. The third-order valence-electron chi connectivity index (χ3n) is 7.81. The van der Waals surface area contributed by atoms with Crippen molar-refractivity contribution in [3.63, 3.8) is 0 Å². The molecule has 2 atom stereocenters. The third-order valence-corrected chi connectivity index (χ3v) is 7.81. The van der Waals surface area contributed by atoms with Gasteiger partial charge in [0.25, 0.3) is 5.91 Å². The fourth-order valence-corrected chi connectivity index (χ4v) is 5.74. The fraction of sp³-hybridized carbons (Fsp3) is 0.367. The van der Waals surface area contributed by atoms with Crippen LogP contribution < -0.4 is 0 Å². The highest BCUT2D eigenvalue weighted by molar-refractivity contribution is 6.03. The lowest BCUT2D eigenvalue weighted by Gasteiger charge is -2.38. The molecule has 0 N–H and O–H groups in total. The zero-order valence-corrected chi connectivity index (χ0v) is 21.2. The maximum absolute atomic E-state index is 13.9. The molecule has 190 valence electrons. The van der Waals surface area contributed by atoms with Crippen LogP contribution in [-0.4, -0.2) is 58.0 Å². The van der Waals surface area contributed by atoms with Gasteiger partial charge >= 0.3 is 0 Å². The molecule has 4 heterocycles. The summed E-state index contributed by atoms with van der Waals surface area (Å²) in [7, 11) is 0. The molecule has 3 aliphatic rings. The highest BCUT2D eigenvalue weighted by atomic mass is 16.3. The molecule has 2 amide bonds. The van der Waals surface area contributed by atoms with Crippen LogP contribution >= 0.6 is 0 Å². The number of likely N-dealkylation sites (tertiary alicyclic amines) is 1. The molecule has 3 aromatic rings. The minimum absolute atomic E-state index is 0.123. The molecule has 1 saturated heterocycles. The van der Waals surface area contributed by atoms with Gasteiger partial charge in [-0.3, -0.25) is 14.5 Å². The van der Waals surface area contributed by atoms with Gasteiger partial charge in [0.15, 0.2) is 0 Å². The number of carbonyl (C=O) groups excluding carboxylic acids is 2. The minimum atomic E-state index is -0.345. The molecule has 37 heavy (non-hydrogen) atoms. The zero-order chi connectivity index (χ0) is 25.4. The Balaban J connectivity index is 1.28. The Labute approximate surface area is 217 Å². The number of hydrazone groups is 1. The number of fused-ring (bicyclic) bond motifs is 1. The summed E-state index contributed by atoms with van der Waals surface area (Å²) >= 11 is 0. The number of furan rings is 1. The van der Waals surface area contributed by atoms with Gasteiger partial charge in [-0.05, 0) is 55.0 Å². The van der Waals surface area contributed by atoms with E-state index in [-0.39, 0.29) is 30.4 Å². The summed E-state index contributed by atoms with van der Waals surface area (Å²) in [6.07, 6.45) is 4.93. The van der Waals surface area contributed by atoms with E-state index in [2.05, 4.69) is 31.2 Å². The van der Waals surface area contributed by atoms with Crippen molar-refractivity contribution in [3.05, 3.63) is 94.9 Å². The molecular weight excluding hydrogens is 464 g/mol. The molecule has 7 nitrogen and oxygen atoms in total. The summed E-state index contributed by atoms with van der Waals surface area (Å²) in [6, 6.07) is 19.6. The van der Waals surface area contributed by atoms with Crippen molar-refractivity contribution >= 4 is 17.5 Å². The normalized spacial score (nSPS) is 21.7. The van der Waals surface area contributed by atoms with Gasteiger partial charge in [-0.15, -0.1) is 0 Å². The zero-order valence-electron chi connectivity index (χ0n) is 21.2. The van der Waals surface area contributed by atoms with Crippen molar-refractivity contribution in [3.8, 4) is 0 Å². The number of hydrogen-bond acceptors (Lipinski definition) is 5. The molecule has 7 heteroatoms. The summed E-state index contributed by atoms with van der Waals surface area (Å²) < 4.78 is 5.72. The van der Waals surface area contributed by atoms with E-state index in [0.717, 1.165) is 37.2 Å². The number of rotatable bonds is 5. The van der Waals surface area contributed by atoms with Gasteiger partial charge in [-0.2, -0.15) is 5.10 Å². The molecule has 1 aromatic heterocycles. The van der Waals surface area contributed by atoms with Crippen molar-refractivity contribution in [2.45, 2.75) is 51.2 Å². The molecule has 3 aliphatic heterocycles. The molecule has 0 radical (unpaired) electrons. The lowest BCUT2D eigenvalue weighted by Crippen LogP contribution is -2.53. The molecule has 0 aliphatic carbocycles. The van der Waals surface area contributed by atoms with Crippen molar-refractivity contribution in [1.82, 2.24) is 14.8 Å². The summed E-state index contributed by atoms with van der Waals surface area (Å²) in [5, 5.41) is 6.38. The van der Waals surface area contributed by atoms with Crippen LogP contribution in [0.4, 0.5) is 0 Å². The Hall–Kier alpha value is -3.71. The first-order valence-corrected chi connectivity index (χ1v) is 13.2. The maximum Gasteiger partial charge on any atom is 0.257 e. The van der Waals surface area contributed by atoms with Gasteiger partial charge < -0.3 is 9.32 Å². The van der Waals surface area contributed by atoms with Crippen LogP contribution in [0.2, 0.25) is 0 Å². The lowest BCUT2D eigenvalue weighted by molar-refractivity contribution is -0.141. The van der Waals surface area contributed by atoms with Crippen LogP contribution in [0.3, 0.4) is 0 Å². The quantitative estimate of drug-likeness (QED) is 0.528. The topological polar surface area (TPSA) is 69.4 Å². The summed E-state index contributed by atoms with van der Waals surface area (Å²) in [6.45, 7) is 4.35. The van der Waals surface area contributed by atoms with Gasteiger partial charge in [-0.1, -0.05) is 54.1 Å². The standard InChI is InChI=1S/C30H32N4O3/c1-21-10-12-22(13-11-21)25-18-26(28-9-6-16-37-28)34(31-25)29(35)20-33-19-24-8-3-2-7-23(24)17-27(33)30(36)32-14-4-5-15-32/h2-3,6-13,16,26-27H,4-5,14-15,17-20H2,1H3/t26-,27-/m0/s1. The second-order valence-corrected chi connectivity index (χ2v) is 10.3. The number of hydrogen-bond donors (Lipinski definition) is 0. The Bertz CT molecular complexity index is 1310. The van der Waals surface area contributed by atoms with E-state index in [1.807, 2.05) is 46.2 Å². The van der Waals surface area contributed by atoms with Gasteiger partial charge in [0, 0.05) is 26.1 Å². The second kappa shape index (κ2) is 9.98.